The van der Waals surface area contributed by atoms with Gasteiger partial charge in [0.05, 0.1) is 17.7 Å². The van der Waals surface area contributed by atoms with E-state index < -0.39 is 0 Å². The summed E-state index contributed by atoms with van der Waals surface area (Å²) >= 11 is 9.48. The van der Waals surface area contributed by atoms with Crippen LogP contribution in [0.15, 0.2) is 52.0 Å². The third-order valence-electron chi connectivity index (χ3n) is 5.44. The zero-order chi connectivity index (χ0) is 21.1. The molecule has 1 aliphatic rings. The molecule has 4 rings (SSSR count). The molecule has 0 bridgehead atoms. The molecule has 0 unspecified atom stereocenters. The third-order valence-corrected chi connectivity index (χ3v) is 7.99. The molecule has 0 saturated heterocycles. The molecule has 0 saturated carbocycles. The van der Waals surface area contributed by atoms with Gasteiger partial charge >= 0.3 is 0 Å². The quantitative estimate of drug-likeness (QED) is 0.428. The van der Waals surface area contributed by atoms with Gasteiger partial charge in [0.25, 0.3) is 5.91 Å². The molecule has 1 aliphatic heterocycles. The van der Waals surface area contributed by atoms with Crippen LogP contribution in [0.2, 0.25) is 5.02 Å². The maximum atomic E-state index is 12.8. The number of hydrogen-bond donors (Lipinski definition) is 1. The highest BCUT2D eigenvalue weighted by atomic mass is 35.5. The molecular weight excluding hydrogens is 436 g/mol. The largest absolute Gasteiger partial charge is 0.468 e. The van der Waals surface area contributed by atoms with Gasteiger partial charge in [-0.05, 0) is 49.2 Å². The average Bonchev–Trinajstić information content (AvgIpc) is 3.41. The lowest BCUT2D eigenvalue weighted by atomic mass is 10.1. The van der Waals surface area contributed by atoms with Gasteiger partial charge < -0.3 is 9.73 Å². The molecule has 0 spiro atoms. The second-order valence-electron chi connectivity index (χ2n) is 7.46. The molecule has 0 fully saturated rings. The van der Waals surface area contributed by atoms with E-state index in [9.17, 15) is 4.79 Å². The molecule has 1 aromatic carbocycles. The molecule has 4 nitrogen and oxygen atoms in total. The molecule has 1 atom stereocenters. The van der Waals surface area contributed by atoms with Gasteiger partial charge in [0, 0.05) is 45.2 Å². The zero-order valence-corrected chi connectivity index (χ0v) is 19.5. The van der Waals surface area contributed by atoms with Crippen LogP contribution in [0.1, 0.15) is 41.3 Å². The number of thiophene rings is 1. The molecule has 30 heavy (non-hydrogen) atoms. The van der Waals surface area contributed by atoms with E-state index in [0.29, 0.717) is 12.6 Å². The van der Waals surface area contributed by atoms with E-state index in [1.807, 2.05) is 30.3 Å². The lowest BCUT2D eigenvalue weighted by molar-refractivity contribution is 0.0945. The minimum absolute atomic E-state index is 0.00277. The Hall–Kier alpha value is -1.73. The van der Waals surface area contributed by atoms with Crippen molar-refractivity contribution in [1.29, 1.82) is 0 Å². The summed E-state index contributed by atoms with van der Waals surface area (Å²) in [5, 5.41) is 3.85. The number of nitrogens with one attached hydrogen (secondary N) is 1. The van der Waals surface area contributed by atoms with Crippen LogP contribution in [0.3, 0.4) is 0 Å². The summed E-state index contributed by atoms with van der Waals surface area (Å²) in [4.78, 5) is 18.3. The number of benzene rings is 1. The van der Waals surface area contributed by atoms with Gasteiger partial charge in [0.15, 0.2) is 0 Å². The van der Waals surface area contributed by atoms with Crippen molar-refractivity contribution in [3.05, 3.63) is 63.9 Å². The van der Waals surface area contributed by atoms with Gasteiger partial charge in [0.2, 0.25) is 0 Å². The summed E-state index contributed by atoms with van der Waals surface area (Å²) < 4.78 is 5.50. The van der Waals surface area contributed by atoms with Crippen molar-refractivity contribution in [2.75, 3.05) is 13.1 Å². The fourth-order valence-electron chi connectivity index (χ4n) is 3.55. The first-order valence-corrected chi connectivity index (χ1v) is 12.3. The lowest BCUT2D eigenvalue weighted by Crippen LogP contribution is -2.39. The minimum atomic E-state index is -0.00277. The van der Waals surface area contributed by atoms with Crippen molar-refractivity contribution in [1.82, 2.24) is 10.2 Å². The number of hydrogen-bond acceptors (Lipinski definition) is 5. The van der Waals surface area contributed by atoms with Crippen LogP contribution < -0.4 is 5.32 Å². The van der Waals surface area contributed by atoms with Crippen LogP contribution in [-0.2, 0) is 12.3 Å². The Bertz CT molecular complexity index is 1020. The number of nitrogens with zero attached hydrogens (tertiary/aromatic N) is 1. The van der Waals surface area contributed by atoms with Crippen molar-refractivity contribution < 1.29 is 9.21 Å². The van der Waals surface area contributed by atoms with Crippen LogP contribution in [-0.4, -0.2) is 29.9 Å². The van der Waals surface area contributed by atoms with E-state index in [2.05, 4.69) is 30.1 Å². The Kier molecular flexibility index (Phi) is 6.88. The van der Waals surface area contributed by atoms with E-state index >= 15 is 0 Å². The average molecular weight is 461 g/mol. The first kappa shape index (κ1) is 21.5. The molecule has 0 radical (unpaired) electrons. The van der Waals surface area contributed by atoms with E-state index in [-0.39, 0.29) is 5.91 Å². The SMILES string of the molecule is CC[C@H](C)N(CCNC(=O)c1cc2c(s1)-c1ccc(Cl)cc1SC2)Cc1ccco1. The fourth-order valence-corrected chi connectivity index (χ4v) is 6.15. The summed E-state index contributed by atoms with van der Waals surface area (Å²) in [6, 6.07) is 12.3. The number of thioether (sulfide) groups is 1. The van der Waals surface area contributed by atoms with E-state index in [1.54, 1.807) is 29.4 Å². The Morgan fingerprint density at radius 2 is 2.20 bits per heavy atom. The van der Waals surface area contributed by atoms with Crippen molar-refractivity contribution in [2.45, 2.75) is 43.5 Å². The van der Waals surface area contributed by atoms with E-state index in [0.717, 1.165) is 40.9 Å². The third kappa shape index (κ3) is 4.78. The number of amides is 1. The van der Waals surface area contributed by atoms with Crippen LogP contribution >= 0.6 is 34.7 Å². The van der Waals surface area contributed by atoms with Gasteiger partial charge in [-0.2, -0.15) is 0 Å². The summed E-state index contributed by atoms with van der Waals surface area (Å²) in [5.74, 6) is 1.82. The van der Waals surface area contributed by atoms with Gasteiger partial charge in [-0.1, -0.05) is 24.6 Å². The number of fused-ring (bicyclic) bond motifs is 3. The lowest BCUT2D eigenvalue weighted by Gasteiger charge is -2.27. The second-order valence-corrected chi connectivity index (χ2v) is 9.96. The van der Waals surface area contributed by atoms with Crippen LogP contribution in [0.4, 0.5) is 0 Å². The minimum Gasteiger partial charge on any atom is -0.468 e. The Morgan fingerprint density at radius 1 is 1.33 bits per heavy atom. The maximum absolute atomic E-state index is 12.8. The molecule has 158 valence electrons. The highest BCUT2D eigenvalue weighted by Gasteiger charge is 2.22. The number of carbonyl (C=O) groups is 1. The van der Waals surface area contributed by atoms with Crippen LogP contribution in [0.25, 0.3) is 10.4 Å². The topological polar surface area (TPSA) is 45.5 Å². The smallest absolute Gasteiger partial charge is 0.261 e. The van der Waals surface area contributed by atoms with Gasteiger partial charge in [-0.15, -0.1) is 23.1 Å². The molecule has 2 aromatic heterocycles. The summed E-state index contributed by atoms with van der Waals surface area (Å²) in [7, 11) is 0. The van der Waals surface area contributed by atoms with Crippen molar-refractivity contribution >= 4 is 40.6 Å². The number of furan rings is 1. The monoisotopic (exact) mass is 460 g/mol. The van der Waals surface area contributed by atoms with Crippen LogP contribution in [0, 0.1) is 0 Å². The predicted octanol–water partition coefficient (Wildman–Crippen LogP) is 6.30. The normalized spacial score (nSPS) is 13.7. The number of rotatable bonds is 8. The highest BCUT2D eigenvalue weighted by molar-refractivity contribution is 7.98. The molecule has 1 N–H and O–H groups in total. The summed E-state index contributed by atoms with van der Waals surface area (Å²) in [5.41, 5.74) is 2.40. The van der Waals surface area contributed by atoms with Gasteiger partial charge in [-0.3, -0.25) is 9.69 Å². The Balaban J connectivity index is 1.39. The van der Waals surface area contributed by atoms with Gasteiger partial charge in [0.1, 0.15) is 5.76 Å². The second kappa shape index (κ2) is 9.60. The van der Waals surface area contributed by atoms with Crippen molar-refractivity contribution in [2.24, 2.45) is 0 Å². The Morgan fingerprint density at radius 3 is 2.97 bits per heavy atom. The molecule has 7 heteroatoms. The summed E-state index contributed by atoms with van der Waals surface area (Å²) in [6.07, 6.45) is 2.75. The Labute approximate surface area is 190 Å². The highest BCUT2D eigenvalue weighted by Crippen LogP contribution is 2.46. The molecule has 3 heterocycles. The molecule has 3 aromatic rings. The molecule has 0 aliphatic carbocycles. The van der Waals surface area contributed by atoms with E-state index in [4.69, 9.17) is 16.0 Å². The standard InChI is InChI=1S/C23H25ClN2O2S2/c1-3-15(2)26(13-18-5-4-10-28-18)9-8-25-23(27)21-11-16-14-29-20-12-17(24)6-7-19(20)22(16)30-21/h4-7,10-12,15H,3,8-9,13-14H2,1-2H3,(H,25,27)/t15-/m0/s1. The first-order valence-electron chi connectivity index (χ1n) is 10.1. The van der Waals surface area contributed by atoms with Gasteiger partial charge in [-0.25, -0.2) is 0 Å². The van der Waals surface area contributed by atoms with Crippen molar-refractivity contribution in [3.8, 4) is 10.4 Å². The number of halogens is 1. The first-order chi connectivity index (χ1) is 14.5. The van der Waals surface area contributed by atoms with Crippen molar-refractivity contribution in [3.63, 3.8) is 0 Å². The fraction of sp³-hybridized carbons (Fsp3) is 0.348. The maximum Gasteiger partial charge on any atom is 0.261 e. The predicted molar refractivity (Wildman–Crippen MR) is 126 cm³/mol. The van der Waals surface area contributed by atoms with E-state index in [1.165, 1.54) is 20.9 Å². The molecular formula is C23H25ClN2O2S2. The molecule has 1 amide bonds. The number of carbonyl (C=O) groups excluding carboxylic acids is 1. The zero-order valence-electron chi connectivity index (χ0n) is 17.1. The van der Waals surface area contributed by atoms with Crippen LogP contribution in [0.5, 0.6) is 0 Å². The summed E-state index contributed by atoms with van der Waals surface area (Å²) in [6.45, 7) is 6.52.